The standard InChI is InChI=1S/C14H30N2O2S/c1-5-13-11-16(14(10-15-13)12(3)4)8-7-9-19(17,18)6-2/h12-15H,5-11H2,1-4H3. The predicted octanol–water partition coefficient (Wildman–Crippen LogP) is 1.52. The maximum absolute atomic E-state index is 11.5. The summed E-state index contributed by atoms with van der Waals surface area (Å²) in [5.74, 6) is 1.20. The van der Waals surface area contributed by atoms with Crippen molar-refractivity contribution in [3.63, 3.8) is 0 Å². The molecule has 1 N–H and O–H groups in total. The van der Waals surface area contributed by atoms with Crippen molar-refractivity contribution in [3.8, 4) is 0 Å². The van der Waals surface area contributed by atoms with Crippen LogP contribution in [0.2, 0.25) is 0 Å². The molecule has 1 fully saturated rings. The van der Waals surface area contributed by atoms with Crippen molar-refractivity contribution >= 4 is 9.84 Å². The summed E-state index contributed by atoms with van der Waals surface area (Å²) >= 11 is 0. The van der Waals surface area contributed by atoms with Crippen molar-refractivity contribution in [2.45, 2.75) is 52.6 Å². The van der Waals surface area contributed by atoms with Gasteiger partial charge in [0.1, 0.15) is 9.84 Å². The predicted molar refractivity (Wildman–Crippen MR) is 81.2 cm³/mol. The van der Waals surface area contributed by atoms with Crippen LogP contribution in [0.25, 0.3) is 0 Å². The van der Waals surface area contributed by atoms with Gasteiger partial charge in [0, 0.05) is 30.9 Å². The van der Waals surface area contributed by atoms with Crippen LogP contribution in [0.5, 0.6) is 0 Å². The molecular weight excluding hydrogens is 260 g/mol. The third kappa shape index (κ3) is 5.40. The number of rotatable bonds is 7. The molecule has 0 aromatic rings. The van der Waals surface area contributed by atoms with Gasteiger partial charge in [-0.2, -0.15) is 0 Å². The van der Waals surface area contributed by atoms with E-state index in [2.05, 4.69) is 31.0 Å². The number of hydrogen-bond acceptors (Lipinski definition) is 4. The average molecular weight is 290 g/mol. The normalized spacial score (nSPS) is 25.9. The van der Waals surface area contributed by atoms with Gasteiger partial charge in [0.15, 0.2) is 0 Å². The van der Waals surface area contributed by atoms with E-state index in [4.69, 9.17) is 0 Å². The SMILES string of the molecule is CCC1CN(CCCS(=O)(=O)CC)C(C(C)C)CN1. The highest BCUT2D eigenvalue weighted by Crippen LogP contribution is 2.16. The zero-order valence-electron chi connectivity index (χ0n) is 12.9. The van der Waals surface area contributed by atoms with Gasteiger partial charge in [0.2, 0.25) is 0 Å². The second-order valence-corrected chi connectivity index (χ2v) is 8.38. The van der Waals surface area contributed by atoms with E-state index in [9.17, 15) is 8.42 Å². The maximum atomic E-state index is 11.5. The van der Waals surface area contributed by atoms with Crippen molar-refractivity contribution in [2.24, 2.45) is 5.92 Å². The molecule has 4 nitrogen and oxygen atoms in total. The molecule has 0 bridgehead atoms. The molecule has 0 spiro atoms. The Morgan fingerprint density at radius 2 is 2.00 bits per heavy atom. The smallest absolute Gasteiger partial charge is 0.150 e. The lowest BCUT2D eigenvalue weighted by Gasteiger charge is -2.42. The molecule has 5 heteroatoms. The first-order chi connectivity index (χ1) is 8.89. The zero-order chi connectivity index (χ0) is 14.5. The molecule has 1 heterocycles. The van der Waals surface area contributed by atoms with Crippen LogP contribution in [-0.2, 0) is 9.84 Å². The number of sulfone groups is 1. The summed E-state index contributed by atoms with van der Waals surface area (Å²) in [5, 5.41) is 3.59. The number of nitrogens with one attached hydrogen (secondary N) is 1. The Hall–Kier alpha value is -0.130. The van der Waals surface area contributed by atoms with Gasteiger partial charge in [-0.05, 0) is 25.3 Å². The highest BCUT2D eigenvalue weighted by atomic mass is 32.2. The number of hydrogen-bond donors (Lipinski definition) is 1. The van der Waals surface area contributed by atoms with Gasteiger partial charge >= 0.3 is 0 Å². The summed E-state index contributed by atoms with van der Waals surface area (Å²) < 4.78 is 23.1. The minimum atomic E-state index is -2.82. The van der Waals surface area contributed by atoms with Crippen LogP contribution in [0.1, 0.15) is 40.5 Å². The van der Waals surface area contributed by atoms with Crippen molar-refractivity contribution < 1.29 is 8.42 Å². The monoisotopic (exact) mass is 290 g/mol. The first-order valence-corrected chi connectivity index (χ1v) is 9.39. The quantitative estimate of drug-likeness (QED) is 0.772. The van der Waals surface area contributed by atoms with E-state index in [0.29, 0.717) is 23.8 Å². The van der Waals surface area contributed by atoms with Crippen LogP contribution in [-0.4, -0.2) is 56.5 Å². The Morgan fingerprint density at radius 1 is 1.32 bits per heavy atom. The summed E-state index contributed by atoms with van der Waals surface area (Å²) in [4.78, 5) is 2.49. The van der Waals surface area contributed by atoms with Crippen LogP contribution in [0.15, 0.2) is 0 Å². The molecule has 2 atom stereocenters. The summed E-state index contributed by atoms with van der Waals surface area (Å²) in [7, 11) is -2.82. The molecule has 1 aliphatic rings. The molecule has 0 aromatic carbocycles. The summed E-state index contributed by atoms with van der Waals surface area (Å²) in [5.41, 5.74) is 0. The topological polar surface area (TPSA) is 49.4 Å². The van der Waals surface area contributed by atoms with Gasteiger partial charge in [-0.25, -0.2) is 8.42 Å². The Morgan fingerprint density at radius 3 is 2.53 bits per heavy atom. The molecule has 1 aliphatic heterocycles. The van der Waals surface area contributed by atoms with Crippen LogP contribution >= 0.6 is 0 Å². The van der Waals surface area contributed by atoms with Crippen molar-refractivity contribution in [3.05, 3.63) is 0 Å². The lowest BCUT2D eigenvalue weighted by Crippen LogP contribution is -2.58. The van der Waals surface area contributed by atoms with E-state index in [0.717, 1.165) is 32.5 Å². The third-order valence-electron chi connectivity index (χ3n) is 4.14. The minimum absolute atomic E-state index is 0.264. The summed E-state index contributed by atoms with van der Waals surface area (Å²) in [6.07, 6.45) is 1.89. The van der Waals surface area contributed by atoms with Gasteiger partial charge in [0.25, 0.3) is 0 Å². The Kier molecular flexibility index (Phi) is 6.77. The van der Waals surface area contributed by atoms with Gasteiger partial charge in [0.05, 0.1) is 5.75 Å². The van der Waals surface area contributed by atoms with E-state index in [-0.39, 0.29) is 5.75 Å². The molecule has 0 saturated carbocycles. The third-order valence-corrected chi connectivity index (χ3v) is 5.93. The highest BCUT2D eigenvalue weighted by molar-refractivity contribution is 7.91. The zero-order valence-corrected chi connectivity index (χ0v) is 13.7. The van der Waals surface area contributed by atoms with Crippen LogP contribution in [0, 0.1) is 5.92 Å². The van der Waals surface area contributed by atoms with E-state index in [1.54, 1.807) is 6.92 Å². The lowest BCUT2D eigenvalue weighted by molar-refractivity contribution is 0.0976. The Balaban J connectivity index is 2.50. The molecule has 114 valence electrons. The first kappa shape index (κ1) is 16.9. The molecule has 0 aliphatic carbocycles. The highest BCUT2D eigenvalue weighted by Gasteiger charge is 2.28. The second-order valence-electron chi connectivity index (χ2n) is 5.91. The van der Waals surface area contributed by atoms with Crippen LogP contribution in [0.4, 0.5) is 0 Å². The average Bonchev–Trinajstić information content (AvgIpc) is 2.38. The molecule has 0 radical (unpaired) electrons. The van der Waals surface area contributed by atoms with E-state index in [1.165, 1.54) is 0 Å². The molecule has 1 rings (SSSR count). The molecule has 1 saturated heterocycles. The second kappa shape index (κ2) is 7.60. The van der Waals surface area contributed by atoms with Crippen molar-refractivity contribution in [1.29, 1.82) is 0 Å². The fourth-order valence-corrected chi connectivity index (χ4v) is 3.58. The molecule has 0 aromatic heterocycles. The fourth-order valence-electron chi connectivity index (χ4n) is 2.72. The number of piperazine rings is 1. The van der Waals surface area contributed by atoms with E-state index >= 15 is 0 Å². The summed E-state index contributed by atoms with van der Waals surface area (Å²) in [6.45, 7) is 11.4. The van der Waals surface area contributed by atoms with Crippen molar-refractivity contribution in [2.75, 3.05) is 31.1 Å². The van der Waals surface area contributed by atoms with Gasteiger partial charge in [-0.15, -0.1) is 0 Å². The molecule has 19 heavy (non-hydrogen) atoms. The molecule has 2 unspecified atom stereocenters. The molecular formula is C14H30N2O2S. The lowest BCUT2D eigenvalue weighted by atomic mass is 9.97. The van der Waals surface area contributed by atoms with Crippen LogP contribution < -0.4 is 5.32 Å². The first-order valence-electron chi connectivity index (χ1n) is 7.57. The summed E-state index contributed by atoms with van der Waals surface area (Å²) in [6, 6.07) is 1.09. The van der Waals surface area contributed by atoms with Gasteiger partial charge in [-0.3, -0.25) is 4.90 Å². The minimum Gasteiger partial charge on any atom is -0.311 e. The largest absolute Gasteiger partial charge is 0.311 e. The van der Waals surface area contributed by atoms with Crippen molar-refractivity contribution in [1.82, 2.24) is 10.2 Å². The Bertz CT molecular complexity index is 354. The Labute approximate surface area is 118 Å². The fraction of sp³-hybridized carbons (Fsp3) is 1.00. The van der Waals surface area contributed by atoms with Crippen LogP contribution in [0.3, 0.4) is 0 Å². The number of nitrogens with zero attached hydrogens (tertiary/aromatic N) is 1. The van der Waals surface area contributed by atoms with E-state index in [1.807, 2.05) is 0 Å². The van der Waals surface area contributed by atoms with E-state index < -0.39 is 9.84 Å². The van der Waals surface area contributed by atoms with Gasteiger partial charge < -0.3 is 5.32 Å². The van der Waals surface area contributed by atoms with Gasteiger partial charge in [-0.1, -0.05) is 27.7 Å². The maximum Gasteiger partial charge on any atom is 0.150 e. The molecule has 0 amide bonds.